The molecule has 2 aromatic rings. The van der Waals surface area contributed by atoms with Crippen LogP contribution >= 0.6 is 44.3 Å². The third-order valence-electron chi connectivity index (χ3n) is 1.98. The Morgan fingerprint density at radius 2 is 2.29 bits per heavy atom. The monoisotopic (exact) mass is 384 g/mol. The third kappa shape index (κ3) is 1.66. The van der Waals surface area contributed by atoms with Crippen LogP contribution in [0.2, 0.25) is 0 Å². The number of fused-ring (bicyclic) bond motifs is 1. The van der Waals surface area contributed by atoms with Gasteiger partial charge in [-0.1, -0.05) is 15.9 Å². The Morgan fingerprint density at radius 3 is 2.93 bits per heavy atom. The molecule has 1 heterocycles. The molecule has 0 aliphatic carbocycles. The molecule has 3 nitrogen and oxygen atoms in total. The van der Waals surface area contributed by atoms with Gasteiger partial charge in [-0.05, 0) is 41.1 Å². The molecule has 1 aromatic heterocycles. The average Bonchev–Trinajstić information content (AvgIpc) is 2.42. The highest BCUT2D eigenvalue weighted by Crippen LogP contribution is 2.36. The molecule has 14 heavy (non-hydrogen) atoms. The Balaban J connectivity index is 2.89. The van der Waals surface area contributed by atoms with Crippen molar-refractivity contribution in [3.05, 3.63) is 22.3 Å². The predicted octanol–water partition coefficient (Wildman–Crippen LogP) is 3.60. The summed E-state index contributed by atoms with van der Waals surface area (Å²) >= 11 is 5.62. The smallest absolute Gasteiger partial charge is 0.128 e. The van der Waals surface area contributed by atoms with E-state index in [0.717, 1.165) is 21.1 Å². The first-order chi connectivity index (χ1) is 6.63. The maximum absolute atomic E-state index is 9.76. The molecule has 0 aliphatic heterocycles. The van der Waals surface area contributed by atoms with Crippen LogP contribution in [0.25, 0.3) is 10.9 Å². The highest BCUT2D eigenvalue weighted by molar-refractivity contribution is 14.2. The number of phenols is 1. The minimum Gasteiger partial charge on any atom is -0.507 e. The first kappa shape index (κ1) is 10.6. The molecule has 1 unspecified atom stereocenters. The Labute approximate surface area is 104 Å². The second kappa shape index (κ2) is 3.94. The maximum Gasteiger partial charge on any atom is 0.128 e. The minimum absolute atomic E-state index is 0.285. The van der Waals surface area contributed by atoms with Crippen molar-refractivity contribution < 1.29 is 5.11 Å². The van der Waals surface area contributed by atoms with Gasteiger partial charge in [-0.3, -0.25) is 0 Å². The normalized spacial score (nSPS) is 11.9. The lowest BCUT2D eigenvalue weighted by Gasteiger charge is -1.99. The summed E-state index contributed by atoms with van der Waals surface area (Å²) in [6, 6.07) is 3.67. The number of aromatic hydroxyl groups is 1. The van der Waals surface area contributed by atoms with Gasteiger partial charge in [-0.15, -0.1) is 0 Å². The molecule has 1 N–H and O–H groups in total. The SMILES string of the molecule is Cc1nn(PI)c2cc(Br)cc(O)c12. The number of aromatic nitrogens is 2. The second-order valence-corrected chi connectivity index (χ2v) is 5.86. The maximum atomic E-state index is 9.76. The molecule has 0 radical (unpaired) electrons. The summed E-state index contributed by atoms with van der Waals surface area (Å²) in [5.74, 6) is 0.285. The average molecular weight is 385 g/mol. The van der Waals surface area contributed by atoms with Crippen molar-refractivity contribution >= 4 is 55.2 Å². The fourth-order valence-corrected chi connectivity index (χ4v) is 3.43. The van der Waals surface area contributed by atoms with E-state index in [1.165, 1.54) is 0 Å². The van der Waals surface area contributed by atoms with Gasteiger partial charge in [0.25, 0.3) is 0 Å². The van der Waals surface area contributed by atoms with E-state index in [2.05, 4.69) is 43.1 Å². The molecule has 1 atom stereocenters. The van der Waals surface area contributed by atoms with Crippen molar-refractivity contribution in [3.63, 3.8) is 0 Å². The number of phenolic OH excluding ortho intramolecular Hbond substituents is 1. The summed E-state index contributed by atoms with van der Waals surface area (Å²) in [5.41, 5.74) is 1.84. The van der Waals surface area contributed by atoms with Gasteiger partial charge < -0.3 is 5.11 Å². The van der Waals surface area contributed by atoms with E-state index in [4.69, 9.17) is 0 Å². The van der Waals surface area contributed by atoms with Crippen LogP contribution in [0.3, 0.4) is 0 Å². The highest BCUT2D eigenvalue weighted by Gasteiger charge is 2.11. The van der Waals surface area contributed by atoms with Crippen LogP contribution in [0, 0.1) is 6.92 Å². The lowest BCUT2D eigenvalue weighted by Crippen LogP contribution is -1.82. The van der Waals surface area contributed by atoms with Gasteiger partial charge in [0.1, 0.15) is 5.75 Å². The topological polar surface area (TPSA) is 38.0 Å². The Morgan fingerprint density at radius 1 is 1.57 bits per heavy atom. The summed E-state index contributed by atoms with van der Waals surface area (Å²) in [6.45, 7) is 1.91. The van der Waals surface area contributed by atoms with E-state index in [1.807, 2.05) is 17.4 Å². The van der Waals surface area contributed by atoms with E-state index in [1.54, 1.807) is 6.07 Å². The van der Waals surface area contributed by atoms with Crippen LogP contribution in [-0.4, -0.2) is 14.7 Å². The van der Waals surface area contributed by atoms with Crippen molar-refractivity contribution in [2.45, 2.75) is 6.92 Å². The molecule has 2 rings (SSSR count). The summed E-state index contributed by atoms with van der Waals surface area (Å²) in [6.07, 6.45) is 0.541. The zero-order chi connectivity index (χ0) is 10.3. The quantitative estimate of drug-likeness (QED) is 0.602. The third-order valence-corrected chi connectivity index (χ3v) is 4.31. The Bertz CT molecular complexity index is 500. The molecule has 6 heteroatoms. The van der Waals surface area contributed by atoms with Crippen LogP contribution in [0.15, 0.2) is 16.6 Å². The standard InChI is InChI=1S/C8H7BrIN2OP/c1-4-8-6(12(11-4)14-10)2-5(9)3-7(8)13/h2-3,13-14H,1H3. The molecule has 74 valence electrons. The van der Waals surface area contributed by atoms with Crippen molar-refractivity contribution in [1.82, 2.24) is 9.55 Å². The first-order valence-electron chi connectivity index (χ1n) is 3.88. The molecule has 0 saturated carbocycles. The van der Waals surface area contributed by atoms with Gasteiger partial charge in [-0.2, -0.15) is 5.10 Å². The number of halogens is 2. The predicted molar refractivity (Wildman–Crippen MR) is 71.6 cm³/mol. The number of benzene rings is 1. The van der Waals surface area contributed by atoms with Gasteiger partial charge in [0.15, 0.2) is 0 Å². The second-order valence-electron chi connectivity index (χ2n) is 2.90. The zero-order valence-corrected chi connectivity index (χ0v) is 12.0. The Kier molecular flexibility index (Phi) is 3.00. The fourth-order valence-electron chi connectivity index (χ4n) is 1.43. The van der Waals surface area contributed by atoms with E-state index < -0.39 is 0 Å². The first-order valence-corrected chi connectivity index (χ1v) is 8.73. The van der Waals surface area contributed by atoms with Crippen molar-refractivity contribution in [1.29, 1.82) is 0 Å². The summed E-state index contributed by atoms with van der Waals surface area (Å²) in [4.78, 5) is 0. The summed E-state index contributed by atoms with van der Waals surface area (Å²) in [7, 11) is 0. The molecule has 0 fully saturated rings. The number of hydrogen-bond donors (Lipinski definition) is 1. The van der Waals surface area contributed by atoms with Crippen molar-refractivity contribution in [3.8, 4) is 5.75 Å². The molecule has 1 aromatic carbocycles. The lowest BCUT2D eigenvalue weighted by molar-refractivity contribution is 0.481. The fraction of sp³-hybridized carbons (Fsp3) is 0.125. The molecular weight excluding hydrogens is 378 g/mol. The largest absolute Gasteiger partial charge is 0.507 e. The van der Waals surface area contributed by atoms with Crippen LogP contribution in [-0.2, 0) is 0 Å². The van der Waals surface area contributed by atoms with Gasteiger partial charge in [0, 0.05) is 4.47 Å². The molecule has 0 bridgehead atoms. The zero-order valence-electron chi connectivity index (χ0n) is 7.25. The molecule has 0 aliphatic rings. The van der Waals surface area contributed by atoms with Gasteiger partial charge in [-0.25, -0.2) is 4.45 Å². The molecular formula is C8H7BrIN2OP. The highest BCUT2D eigenvalue weighted by atomic mass is 127. The van der Waals surface area contributed by atoms with Gasteiger partial charge >= 0.3 is 0 Å². The van der Waals surface area contributed by atoms with Crippen LogP contribution in [0.1, 0.15) is 5.69 Å². The minimum atomic E-state index is 0.285. The van der Waals surface area contributed by atoms with Crippen LogP contribution in [0.5, 0.6) is 5.75 Å². The summed E-state index contributed by atoms with van der Waals surface area (Å²) in [5, 5.41) is 15.0. The Hall–Kier alpha value is 0.130. The number of aryl methyl sites for hydroxylation is 1. The molecule has 0 amide bonds. The van der Waals surface area contributed by atoms with Crippen LogP contribution in [0.4, 0.5) is 0 Å². The number of rotatable bonds is 1. The molecule has 0 saturated heterocycles. The van der Waals surface area contributed by atoms with E-state index in [0.29, 0.717) is 6.37 Å². The number of nitrogens with zero attached hydrogens (tertiary/aromatic N) is 2. The van der Waals surface area contributed by atoms with Gasteiger partial charge in [0.2, 0.25) is 0 Å². The molecule has 0 spiro atoms. The van der Waals surface area contributed by atoms with E-state index >= 15 is 0 Å². The van der Waals surface area contributed by atoms with E-state index in [9.17, 15) is 5.11 Å². The van der Waals surface area contributed by atoms with E-state index in [-0.39, 0.29) is 5.75 Å². The van der Waals surface area contributed by atoms with Gasteiger partial charge in [0.05, 0.1) is 23.0 Å². The number of hydrogen-bond acceptors (Lipinski definition) is 2. The van der Waals surface area contributed by atoms with Crippen LogP contribution < -0.4 is 0 Å². The lowest BCUT2D eigenvalue weighted by atomic mass is 10.2. The van der Waals surface area contributed by atoms with Crippen molar-refractivity contribution in [2.75, 3.05) is 0 Å². The summed E-state index contributed by atoms with van der Waals surface area (Å²) < 4.78 is 2.77. The van der Waals surface area contributed by atoms with Crippen molar-refractivity contribution in [2.24, 2.45) is 0 Å².